The molecule has 2 aromatic carbocycles. The summed E-state index contributed by atoms with van der Waals surface area (Å²) >= 11 is 11.9. The molecule has 1 amide bonds. The first-order valence-corrected chi connectivity index (χ1v) is 7.40. The summed E-state index contributed by atoms with van der Waals surface area (Å²) in [6, 6.07) is 11.7. The van der Waals surface area contributed by atoms with E-state index in [9.17, 15) is 9.90 Å². The molecule has 5 nitrogen and oxygen atoms in total. The van der Waals surface area contributed by atoms with Crippen LogP contribution in [0.25, 0.3) is 10.9 Å². The molecule has 0 aliphatic carbocycles. The van der Waals surface area contributed by atoms with E-state index in [1.807, 2.05) is 24.3 Å². The molecule has 0 atom stereocenters. The number of rotatable bonds is 3. The van der Waals surface area contributed by atoms with Crippen molar-refractivity contribution in [2.75, 3.05) is 0 Å². The van der Waals surface area contributed by atoms with Gasteiger partial charge in [0.1, 0.15) is 10.9 Å². The zero-order valence-electron chi connectivity index (χ0n) is 11.7. The number of amides is 1. The van der Waals surface area contributed by atoms with E-state index in [-0.39, 0.29) is 11.3 Å². The second-order valence-corrected chi connectivity index (χ2v) is 5.57. The summed E-state index contributed by atoms with van der Waals surface area (Å²) in [6.45, 7) is 0. The van der Waals surface area contributed by atoms with Crippen molar-refractivity contribution < 1.29 is 9.90 Å². The van der Waals surface area contributed by atoms with E-state index in [1.165, 1.54) is 24.4 Å². The van der Waals surface area contributed by atoms with E-state index in [2.05, 4.69) is 15.5 Å². The second kappa shape index (κ2) is 6.32. The maximum atomic E-state index is 12.0. The lowest BCUT2D eigenvalue weighted by Crippen LogP contribution is -2.17. The van der Waals surface area contributed by atoms with Crippen molar-refractivity contribution in [2.45, 2.75) is 0 Å². The third-order valence-electron chi connectivity index (χ3n) is 3.26. The van der Waals surface area contributed by atoms with E-state index in [1.54, 1.807) is 0 Å². The maximum Gasteiger partial charge on any atom is 0.275 e. The Balaban J connectivity index is 1.82. The molecule has 3 N–H and O–H groups in total. The summed E-state index contributed by atoms with van der Waals surface area (Å²) < 4.78 is 0. The number of halogens is 2. The molecule has 0 bridgehead atoms. The molecule has 0 aliphatic heterocycles. The highest BCUT2D eigenvalue weighted by molar-refractivity contribution is 6.34. The molecule has 1 heterocycles. The van der Waals surface area contributed by atoms with Crippen LogP contribution in [0.3, 0.4) is 0 Å². The first kappa shape index (κ1) is 15.4. The zero-order chi connectivity index (χ0) is 16.4. The fourth-order valence-electron chi connectivity index (χ4n) is 2.16. The molecule has 0 fully saturated rings. The van der Waals surface area contributed by atoms with Gasteiger partial charge in [-0.1, -0.05) is 41.4 Å². The lowest BCUT2D eigenvalue weighted by Gasteiger charge is -2.03. The summed E-state index contributed by atoms with van der Waals surface area (Å²) in [6.07, 6.45) is 1.45. The van der Waals surface area contributed by atoms with Crippen LogP contribution < -0.4 is 5.43 Å². The van der Waals surface area contributed by atoms with E-state index in [0.29, 0.717) is 15.7 Å². The number of aromatic hydroxyl groups is 1. The number of carbonyl (C=O) groups excluding carboxylic acids is 1. The highest BCUT2D eigenvalue weighted by Crippen LogP contribution is 2.24. The number of carbonyl (C=O) groups is 1. The van der Waals surface area contributed by atoms with Crippen molar-refractivity contribution in [3.05, 3.63) is 63.8 Å². The largest absolute Gasteiger partial charge is 0.507 e. The molecule has 0 saturated heterocycles. The molecule has 0 unspecified atom stereocenters. The number of phenols is 1. The minimum absolute atomic E-state index is 0.0414. The fraction of sp³-hybridized carbons (Fsp3) is 0. The van der Waals surface area contributed by atoms with Gasteiger partial charge in [-0.25, -0.2) is 5.43 Å². The Labute approximate surface area is 141 Å². The Hall–Kier alpha value is -2.50. The molecule has 0 aliphatic rings. The molecule has 3 aromatic rings. The van der Waals surface area contributed by atoms with Gasteiger partial charge < -0.3 is 10.1 Å². The molecule has 1 aromatic heterocycles. The van der Waals surface area contributed by atoms with Gasteiger partial charge in [-0.05, 0) is 24.3 Å². The number of aromatic amines is 1. The number of para-hydroxylation sites is 1. The van der Waals surface area contributed by atoms with Gasteiger partial charge in [-0.2, -0.15) is 5.10 Å². The number of nitrogens with zero attached hydrogens (tertiary/aromatic N) is 1. The Bertz CT molecular complexity index is 919. The molecular formula is C16H11Cl2N3O2. The standard InChI is InChI=1S/C16H11Cl2N3O2/c17-9-5-6-14(22)11(7-9)16(23)21-19-8-12-10-3-1-2-4-13(10)20-15(12)18/h1-8,20,22H,(H,21,23)/b19-8+. The van der Waals surface area contributed by atoms with Crippen LogP contribution in [0.2, 0.25) is 10.2 Å². The van der Waals surface area contributed by atoms with Gasteiger partial charge in [0, 0.05) is 21.5 Å². The molecule has 0 radical (unpaired) electrons. The normalized spacial score (nSPS) is 11.2. The second-order valence-electron chi connectivity index (χ2n) is 4.76. The first-order chi connectivity index (χ1) is 11.1. The third-order valence-corrected chi connectivity index (χ3v) is 3.79. The van der Waals surface area contributed by atoms with Crippen LogP contribution in [0, 0.1) is 0 Å². The first-order valence-electron chi connectivity index (χ1n) is 6.64. The Morgan fingerprint density at radius 3 is 2.83 bits per heavy atom. The van der Waals surface area contributed by atoms with Crippen molar-refractivity contribution in [1.29, 1.82) is 0 Å². The number of fused-ring (bicyclic) bond motifs is 1. The average molecular weight is 348 g/mol. The maximum absolute atomic E-state index is 12.0. The van der Waals surface area contributed by atoms with Crippen LogP contribution in [0.4, 0.5) is 0 Å². The molecule has 0 saturated carbocycles. The number of nitrogens with one attached hydrogen (secondary N) is 2. The number of hydrogen-bond acceptors (Lipinski definition) is 3. The van der Waals surface area contributed by atoms with E-state index < -0.39 is 5.91 Å². The lowest BCUT2D eigenvalue weighted by atomic mass is 10.2. The van der Waals surface area contributed by atoms with Gasteiger partial charge in [0.2, 0.25) is 0 Å². The third kappa shape index (κ3) is 3.16. The number of hydrazone groups is 1. The predicted octanol–water partition coefficient (Wildman–Crippen LogP) is 3.94. The van der Waals surface area contributed by atoms with E-state index >= 15 is 0 Å². The van der Waals surface area contributed by atoms with Gasteiger partial charge in [-0.3, -0.25) is 4.79 Å². The summed E-state index contributed by atoms with van der Waals surface area (Å²) in [5.41, 5.74) is 3.92. The van der Waals surface area contributed by atoms with Crippen LogP contribution in [-0.2, 0) is 0 Å². The molecule has 116 valence electrons. The molecule has 0 spiro atoms. The number of H-pyrrole nitrogens is 1. The van der Waals surface area contributed by atoms with E-state index in [4.69, 9.17) is 23.2 Å². The molecule has 3 rings (SSSR count). The van der Waals surface area contributed by atoms with Crippen molar-refractivity contribution in [2.24, 2.45) is 5.10 Å². The SMILES string of the molecule is O=C(N/N=C/c1c(Cl)[nH]c2ccccc12)c1cc(Cl)ccc1O. The van der Waals surface area contributed by atoms with Crippen molar-refractivity contribution in [1.82, 2.24) is 10.4 Å². The average Bonchev–Trinajstić information content (AvgIpc) is 2.85. The number of hydrogen-bond donors (Lipinski definition) is 3. The Kier molecular flexibility index (Phi) is 4.23. The highest BCUT2D eigenvalue weighted by Gasteiger charge is 2.11. The van der Waals surface area contributed by atoms with Gasteiger partial charge in [0.05, 0.1) is 11.8 Å². The molecular weight excluding hydrogens is 337 g/mol. The summed E-state index contributed by atoms with van der Waals surface area (Å²) in [7, 11) is 0. The molecule has 7 heteroatoms. The fourth-order valence-corrected chi connectivity index (χ4v) is 2.59. The highest BCUT2D eigenvalue weighted by atomic mass is 35.5. The van der Waals surface area contributed by atoms with Crippen LogP contribution in [-0.4, -0.2) is 22.2 Å². The van der Waals surface area contributed by atoms with Crippen LogP contribution in [0.5, 0.6) is 5.75 Å². The topological polar surface area (TPSA) is 77.5 Å². The Morgan fingerprint density at radius 1 is 1.22 bits per heavy atom. The minimum Gasteiger partial charge on any atom is -0.507 e. The van der Waals surface area contributed by atoms with Gasteiger partial charge in [-0.15, -0.1) is 0 Å². The van der Waals surface area contributed by atoms with Crippen molar-refractivity contribution in [3.8, 4) is 5.75 Å². The summed E-state index contributed by atoms with van der Waals surface area (Å²) in [4.78, 5) is 15.0. The molecule has 23 heavy (non-hydrogen) atoms. The lowest BCUT2D eigenvalue weighted by molar-refractivity contribution is 0.0952. The summed E-state index contributed by atoms with van der Waals surface area (Å²) in [5, 5.41) is 15.2. The smallest absolute Gasteiger partial charge is 0.275 e. The van der Waals surface area contributed by atoms with Crippen LogP contribution in [0.15, 0.2) is 47.6 Å². The Morgan fingerprint density at radius 2 is 2.00 bits per heavy atom. The zero-order valence-corrected chi connectivity index (χ0v) is 13.2. The van der Waals surface area contributed by atoms with E-state index in [0.717, 1.165) is 10.9 Å². The van der Waals surface area contributed by atoms with Crippen LogP contribution in [0.1, 0.15) is 15.9 Å². The van der Waals surface area contributed by atoms with Crippen molar-refractivity contribution >= 4 is 46.2 Å². The number of phenolic OH excluding ortho intramolecular Hbond substituents is 1. The van der Waals surface area contributed by atoms with Crippen molar-refractivity contribution in [3.63, 3.8) is 0 Å². The monoisotopic (exact) mass is 347 g/mol. The minimum atomic E-state index is -0.572. The quantitative estimate of drug-likeness (QED) is 0.495. The number of benzene rings is 2. The summed E-state index contributed by atoms with van der Waals surface area (Å²) in [5.74, 6) is -0.746. The van der Waals surface area contributed by atoms with Gasteiger partial charge in [0.15, 0.2) is 0 Å². The number of aromatic nitrogens is 1. The predicted molar refractivity (Wildman–Crippen MR) is 91.5 cm³/mol. The van der Waals surface area contributed by atoms with Gasteiger partial charge in [0.25, 0.3) is 5.91 Å². The van der Waals surface area contributed by atoms with Crippen LogP contribution >= 0.6 is 23.2 Å². The van der Waals surface area contributed by atoms with Gasteiger partial charge >= 0.3 is 0 Å².